The van der Waals surface area contributed by atoms with Gasteiger partial charge >= 0.3 is 0 Å². The van der Waals surface area contributed by atoms with Crippen molar-refractivity contribution >= 4 is 23.2 Å². The van der Waals surface area contributed by atoms with Gasteiger partial charge in [0.2, 0.25) is 0 Å². The molecule has 4 N–H and O–H groups in total. The van der Waals surface area contributed by atoms with Crippen molar-refractivity contribution in [2.75, 3.05) is 19.8 Å². The van der Waals surface area contributed by atoms with Gasteiger partial charge in [0.25, 0.3) is 0 Å². The fourth-order valence-electron chi connectivity index (χ4n) is 2.70. The molecule has 6 heteroatoms. The Hall–Kier alpha value is -1.14. The van der Waals surface area contributed by atoms with E-state index in [1.165, 1.54) is 12.1 Å². The Morgan fingerprint density at radius 1 is 0.739 bits per heavy atom. The van der Waals surface area contributed by atoms with Crippen molar-refractivity contribution in [2.24, 2.45) is 5.41 Å². The Morgan fingerprint density at radius 3 is 1.43 bits per heavy atom. The average molecular weight is 357 g/mol. The standard InChI is InChI=1S/C17H18Cl2O4/c18-14-5-1-3-12(7-14)17(23,16(9-20,10-21)11-22)13-4-2-6-15(19)8-13/h1-8,20-23H,9-11H2. The third kappa shape index (κ3) is 3.11. The molecule has 0 bridgehead atoms. The van der Waals surface area contributed by atoms with Gasteiger partial charge in [-0.05, 0) is 35.4 Å². The number of hydrogen-bond donors (Lipinski definition) is 4. The molecule has 2 rings (SSSR count). The molecule has 124 valence electrons. The van der Waals surface area contributed by atoms with Crippen LogP contribution in [-0.4, -0.2) is 40.2 Å². The summed E-state index contributed by atoms with van der Waals surface area (Å²) in [4.78, 5) is 0. The highest BCUT2D eigenvalue weighted by molar-refractivity contribution is 6.31. The zero-order chi connectivity index (χ0) is 17.1. The summed E-state index contributed by atoms with van der Waals surface area (Å²) in [5, 5.41) is 41.8. The zero-order valence-corrected chi connectivity index (χ0v) is 13.8. The molecule has 0 atom stereocenters. The monoisotopic (exact) mass is 356 g/mol. The smallest absolute Gasteiger partial charge is 0.127 e. The summed E-state index contributed by atoms with van der Waals surface area (Å²) in [5.41, 5.74) is -2.84. The van der Waals surface area contributed by atoms with E-state index in [4.69, 9.17) is 23.2 Å². The molecule has 0 saturated carbocycles. The minimum atomic E-state index is -1.89. The molecule has 0 heterocycles. The van der Waals surface area contributed by atoms with Crippen molar-refractivity contribution in [3.63, 3.8) is 0 Å². The van der Waals surface area contributed by atoms with E-state index in [1.807, 2.05) is 0 Å². The van der Waals surface area contributed by atoms with Crippen LogP contribution in [0.15, 0.2) is 48.5 Å². The van der Waals surface area contributed by atoms with Crippen molar-refractivity contribution in [1.82, 2.24) is 0 Å². The van der Waals surface area contributed by atoms with Crippen molar-refractivity contribution < 1.29 is 20.4 Å². The molecular weight excluding hydrogens is 339 g/mol. The number of halogens is 2. The van der Waals surface area contributed by atoms with Crippen LogP contribution in [-0.2, 0) is 5.60 Å². The molecule has 0 aliphatic heterocycles. The fraction of sp³-hybridized carbons (Fsp3) is 0.294. The molecular formula is C17H18Cl2O4. The number of hydrogen-bond acceptors (Lipinski definition) is 4. The lowest BCUT2D eigenvalue weighted by Gasteiger charge is -2.45. The number of rotatable bonds is 6. The third-order valence-corrected chi connectivity index (χ3v) is 4.63. The highest BCUT2D eigenvalue weighted by Gasteiger charge is 2.52. The van der Waals surface area contributed by atoms with E-state index in [0.29, 0.717) is 21.2 Å². The summed E-state index contributed by atoms with van der Waals surface area (Å²) in [6.45, 7) is -1.93. The summed E-state index contributed by atoms with van der Waals surface area (Å²) in [6.07, 6.45) is 0. The van der Waals surface area contributed by atoms with Crippen molar-refractivity contribution in [3.05, 3.63) is 69.7 Å². The highest BCUT2D eigenvalue weighted by Crippen LogP contribution is 2.45. The molecule has 0 radical (unpaired) electrons. The second-order valence-electron chi connectivity index (χ2n) is 5.49. The first-order valence-corrected chi connectivity index (χ1v) is 7.76. The van der Waals surface area contributed by atoms with E-state index in [0.717, 1.165) is 0 Å². The number of benzene rings is 2. The van der Waals surface area contributed by atoms with Crippen LogP contribution in [0.1, 0.15) is 11.1 Å². The van der Waals surface area contributed by atoms with E-state index >= 15 is 0 Å². The topological polar surface area (TPSA) is 80.9 Å². The summed E-state index contributed by atoms with van der Waals surface area (Å²) in [7, 11) is 0. The van der Waals surface area contributed by atoms with Crippen molar-refractivity contribution in [1.29, 1.82) is 0 Å². The quantitative estimate of drug-likeness (QED) is 0.639. The van der Waals surface area contributed by atoms with E-state index in [9.17, 15) is 20.4 Å². The van der Waals surface area contributed by atoms with Crippen LogP contribution in [0.5, 0.6) is 0 Å². The van der Waals surface area contributed by atoms with Crippen LogP contribution in [0.2, 0.25) is 10.0 Å². The largest absolute Gasteiger partial charge is 0.395 e. The fourth-order valence-corrected chi connectivity index (χ4v) is 3.08. The van der Waals surface area contributed by atoms with Gasteiger partial charge in [-0.25, -0.2) is 0 Å². The summed E-state index contributed by atoms with van der Waals surface area (Å²) in [5.74, 6) is 0. The van der Waals surface area contributed by atoms with Crippen molar-refractivity contribution in [2.45, 2.75) is 5.60 Å². The Kier molecular flexibility index (Phi) is 5.68. The summed E-state index contributed by atoms with van der Waals surface area (Å²) < 4.78 is 0. The number of aliphatic hydroxyl groups excluding tert-OH is 3. The first-order chi connectivity index (χ1) is 10.9. The van der Waals surface area contributed by atoms with Crippen molar-refractivity contribution in [3.8, 4) is 0 Å². The lowest BCUT2D eigenvalue weighted by atomic mass is 9.66. The lowest BCUT2D eigenvalue weighted by Crippen LogP contribution is -2.54. The second kappa shape index (κ2) is 7.18. The SMILES string of the molecule is OCC(CO)(CO)C(O)(c1cccc(Cl)c1)c1cccc(Cl)c1. The highest BCUT2D eigenvalue weighted by atomic mass is 35.5. The van der Waals surface area contributed by atoms with Gasteiger partial charge in [0.05, 0.1) is 25.2 Å². The maximum atomic E-state index is 11.5. The van der Waals surface area contributed by atoms with Gasteiger partial charge in [0.15, 0.2) is 0 Å². The maximum Gasteiger partial charge on any atom is 0.127 e. The predicted molar refractivity (Wildman–Crippen MR) is 89.6 cm³/mol. The van der Waals surface area contributed by atoms with Crippen LogP contribution in [0.25, 0.3) is 0 Å². The molecule has 0 unspecified atom stereocenters. The van der Waals surface area contributed by atoms with Gasteiger partial charge in [0.1, 0.15) is 5.60 Å². The van der Waals surface area contributed by atoms with Gasteiger partial charge in [-0.1, -0.05) is 47.5 Å². The van der Waals surface area contributed by atoms with Crippen LogP contribution < -0.4 is 0 Å². The van der Waals surface area contributed by atoms with Gasteiger partial charge in [-0.2, -0.15) is 0 Å². The van der Waals surface area contributed by atoms with E-state index in [1.54, 1.807) is 36.4 Å². The van der Waals surface area contributed by atoms with E-state index in [2.05, 4.69) is 0 Å². The van der Waals surface area contributed by atoms with E-state index < -0.39 is 30.8 Å². The van der Waals surface area contributed by atoms with Crippen LogP contribution in [0, 0.1) is 5.41 Å². The normalized spacial score (nSPS) is 12.4. The Morgan fingerprint density at radius 2 is 1.13 bits per heavy atom. The zero-order valence-electron chi connectivity index (χ0n) is 12.3. The van der Waals surface area contributed by atoms with Crippen LogP contribution >= 0.6 is 23.2 Å². The number of aliphatic hydroxyl groups is 4. The summed E-state index contributed by atoms with van der Waals surface area (Å²) in [6, 6.07) is 12.8. The molecule has 0 aliphatic carbocycles. The molecule has 2 aromatic rings. The molecule has 0 spiro atoms. The van der Waals surface area contributed by atoms with Crippen LogP contribution in [0.4, 0.5) is 0 Å². The molecule has 0 fully saturated rings. The predicted octanol–water partition coefficient (Wildman–Crippen LogP) is 2.19. The molecule has 23 heavy (non-hydrogen) atoms. The maximum absolute atomic E-state index is 11.5. The molecule has 0 aliphatic rings. The van der Waals surface area contributed by atoms with Gasteiger partial charge in [-0.3, -0.25) is 0 Å². The Bertz CT molecular complexity index is 617. The summed E-state index contributed by atoms with van der Waals surface area (Å²) >= 11 is 12.0. The minimum Gasteiger partial charge on any atom is -0.395 e. The van der Waals surface area contributed by atoms with Gasteiger partial charge in [-0.15, -0.1) is 0 Å². The lowest BCUT2D eigenvalue weighted by molar-refractivity contribution is -0.136. The minimum absolute atomic E-state index is 0.337. The third-order valence-electron chi connectivity index (χ3n) is 4.16. The van der Waals surface area contributed by atoms with Gasteiger partial charge < -0.3 is 20.4 Å². The molecule has 0 saturated heterocycles. The first-order valence-electron chi connectivity index (χ1n) is 7.00. The molecule has 4 nitrogen and oxygen atoms in total. The van der Waals surface area contributed by atoms with Crippen LogP contribution in [0.3, 0.4) is 0 Å². The average Bonchev–Trinajstić information content (AvgIpc) is 2.56. The molecule has 0 aromatic heterocycles. The van der Waals surface area contributed by atoms with Gasteiger partial charge in [0, 0.05) is 10.0 Å². The Labute approximate surface area is 144 Å². The Balaban J connectivity index is 2.78. The van der Waals surface area contributed by atoms with E-state index in [-0.39, 0.29) is 0 Å². The molecule has 2 aromatic carbocycles. The first kappa shape index (κ1) is 18.2. The molecule has 0 amide bonds. The second-order valence-corrected chi connectivity index (χ2v) is 6.36.